The Kier molecular flexibility index (Phi) is 5.09. The van der Waals surface area contributed by atoms with Crippen LogP contribution in [0.5, 0.6) is 0 Å². The third kappa shape index (κ3) is 4.86. The zero-order valence-electron chi connectivity index (χ0n) is 6.17. The van der Waals surface area contributed by atoms with Gasteiger partial charge in [0.15, 0.2) is 0 Å². The van der Waals surface area contributed by atoms with Crippen LogP contribution in [0.1, 0.15) is 13.3 Å². The molecule has 0 saturated heterocycles. The molecule has 0 aliphatic heterocycles. The minimum atomic E-state index is 0.411. The number of nitriles is 1. The first-order valence-electron chi connectivity index (χ1n) is 3.15. The summed E-state index contributed by atoms with van der Waals surface area (Å²) in [5.41, 5.74) is 0.848. The van der Waals surface area contributed by atoms with E-state index in [9.17, 15) is 0 Å². The molecule has 0 saturated carbocycles. The topological polar surface area (TPSA) is 23.8 Å². The third-order valence-corrected chi connectivity index (χ3v) is 0.942. The van der Waals surface area contributed by atoms with Crippen molar-refractivity contribution in [2.75, 3.05) is 0 Å². The molecule has 0 rings (SSSR count). The van der Waals surface area contributed by atoms with Crippen molar-refractivity contribution in [3.05, 3.63) is 36.5 Å². The number of hydrogen-bond acceptors (Lipinski definition) is 1. The Morgan fingerprint density at radius 1 is 1.60 bits per heavy atom. The van der Waals surface area contributed by atoms with Crippen molar-refractivity contribution < 1.29 is 0 Å². The molecule has 0 unspecified atom stereocenters. The van der Waals surface area contributed by atoms with E-state index in [2.05, 4.69) is 6.58 Å². The largest absolute Gasteiger partial charge is 0.198 e. The molecule has 0 spiro atoms. The van der Waals surface area contributed by atoms with Gasteiger partial charge in [0.2, 0.25) is 0 Å². The first-order valence-corrected chi connectivity index (χ1v) is 3.15. The van der Waals surface area contributed by atoms with Crippen molar-refractivity contribution in [3.8, 4) is 6.07 Å². The zero-order valence-corrected chi connectivity index (χ0v) is 6.17. The molecule has 0 aromatic heterocycles. The van der Waals surface area contributed by atoms with Crippen molar-refractivity contribution in [2.24, 2.45) is 0 Å². The first-order chi connectivity index (χ1) is 4.81. The van der Waals surface area contributed by atoms with Crippen LogP contribution in [-0.2, 0) is 0 Å². The van der Waals surface area contributed by atoms with Crippen LogP contribution in [0.15, 0.2) is 36.5 Å². The number of rotatable bonds is 3. The van der Waals surface area contributed by atoms with Crippen LogP contribution in [0.3, 0.4) is 0 Å². The Bertz CT molecular complexity index is 191. The highest BCUT2D eigenvalue weighted by atomic mass is 14.2. The van der Waals surface area contributed by atoms with Gasteiger partial charge in [0.05, 0.1) is 12.5 Å². The smallest absolute Gasteiger partial charge is 0.0669 e. The van der Waals surface area contributed by atoms with Crippen molar-refractivity contribution in [2.45, 2.75) is 13.3 Å². The molecule has 0 aliphatic rings. The summed E-state index contributed by atoms with van der Waals surface area (Å²) in [6.45, 7) is 5.61. The van der Waals surface area contributed by atoms with Gasteiger partial charge in [-0.1, -0.05) is 30.9 Å². The predicted octanol–water partition coefficient (Wildman–Crippen LogP) is 2.59. The third-order valence-electron chi connectivity index (χ3n) is 0.942. The molecular formula is C9H11N. The fraction of sp³-hybridized carbons (Fsp3) is 0.222. The Balaban J connectivity index is 3.69. The molecule has 0 atom stereocenters. The molecule has 0 aromatic carbocycles. The van der Waals surface area contributed by atoms with Gasteiger partial charge in [-0.05, 0) is 12.5 Å². The van der Waals surface area contributed by atoms with Crippen LogP contribution in [0.4, 0.5) is 0 Å². The van der Waals surface area contributed by atoms with Gasteiger partial charge in [-0.25, -0.2) is 0 Å². The summed E-state index contributed by atoms with van der Waals surface area (Å²) in [6, 6.07) is 2.02. The average Bonchev–Trinajstić information content (AvgIpc) is 1.89. The molecule has 0 bridgehead atoms. The second-order valence-electron chi connectivity index (χ2n) is 1.88. The Morgan fingerprint density at radius 2 is 2.30 bits per heavy atom. The van der Waals surface area contributed by atoms with Gasteiger partial charge in [0, 0.05) is 0 Å². The number of allylic oxidation sites excluding steroid dienone is 5. The minimum absolute atomic E-state index is 0.411. The van der Waals surface area contributed by atoms with Gasteiger partial charge >= 0.3 is 0 Å². The standard InChI is InChI=1S/C9H11N/c1-3-4-5-6-9(2)7-8-10/h3-6H,2,7H2,1H3/b4-3-,6-5-. The highest BCUT2D eigenvalue weighted by Gasteiger charge is 1.81. The molecular weight excluding hydrogens is 122 g/mol. The van der Waals surface area contributed by atoms with E-state index in [-0.39, 0.29) is 0 Å². The van der Waals surface area contributed by atoms with Gasteiger partial charge in [0.25, 0.3) is 0 Å². The van der Waals surface area contributed by atoms with Crippen LogP contribution in [-0.4, -0.2) is 0 Å². The van der Waals surface area contributed by atoms with E-state index in [4.69, 9.17) is 5.26 Å². The molecule has 0 fully saturated rings. The van der Waals surface area contributed by atoms with Crippen molar-refractivity contribution >= 4 is 0 Å². The normalized spacial score (nSPS) is 10.4. The molecule has 0 heterocycles. The summed E-state index contributed by atoms with van der Waals surface area (Å²) in [5.74, 6) is 0. The summed E-state index contributed by atoms with van der Waals surface area (Å²) < 4.78 is 0. The first kappa shape index (κ1) is 8.71. The molecule has 10 heavy (non-hydrogen) atoms. The van der Waals surface area contributed by atoms with Crippen molar-refractivity contribution in [3.63, 3.8) is 0 Å². The lowest BCUT2D eigenvalue weighted by molar-refractivity contribution is 1.29. The molecule has 0 amide bonds. The SMILES string of the molecule is C=C(/C=C\C=C/C)CC#N. The lowest BCUT2D eigenvalue weighted by Gasteiger charge is -1.85. The van der Waals surface area contributed by atoms with E-state index >= 15 is 0 Å². The van der Waals surface area contributed by atoms with Crippen LogP contribution in [0.2, 0.25) is 0 Å². The summed E-state index contributed by atoms with van der Waals surface area (Å²) >= 11 is 0. The monoisotopic (exact) mass is 133 g/mol. The predicted molar refractivity (Wildman–Crippen MR) is 43.3 cm³/mol. The fourth-order valence-electron chi connectivity index (χ4n) is 0.463. The minimum Gasteiger partial charge on any atom is -0.198 e. The Labute approximate surface area is 62.0 Å². The van der Waals surface area contributed by atoms with Gasteiger partial charge in [-0.15, -0.1) is 0 Å². The average molecular weight is 133 g/mol. The van der Waals surface area contributed by atoms with Gasteiger partial charge in [-0.3, -0.25) is 0 Å². The molecule has 0 aromatic rings. The molecule has 1 nitrogen and oxygen atoms in total. The van der Waals surface area contributed by atoms with Crippen LogP contribution in [0, 0.1) is 11.3 Å². The van der Waals surface area contributed by atoms with E-state index < -0.39 is 0 Å². The van der Waals surface area contributed by atoms with Crippen LogP contribution in [0.25, 0.3) is 0 Å². The van der Waals surface area contributed by atoms with Crippen molar-refractivity contribution in [1.82, 2.24) is 0 Å². The summed E-state index contributed by atoms with van der Waals surface area (Å²) in [7, 11) is 0. The van der Waals surface area contributed by atoms with E-state index in [1.165, 1.54) is 0 Å². The fourth-order valence-corrected chi connectivity index (χ4v) is 0.463. The van der Waals surface area contributed by atoms with Crippen LogP contribution < -0.4 is 0 Å². The molecule has 0 radical (unpaired) electrons. The Hall–Kier alpha value is -1.29. The zero-order chi connectivity index (χ0) is 7.82. The van der Waals surface area contributed by atoms with E-state index in [0.717, 1.165) is 5.57 Å². The lowest BCUT2D eigenvalue weighted by atomic mass is 10.2. The highest BCUT2D eigenvalue weighted by molar-refractivity contribution is 5.21. The van der Waals surface area contributed by atoms with E-state index in [1.54, 1.807) is 0 Å². The second kappa shape index (κ2) is 5.84. The summed E-state index contributed by atoms with van der Waals surface area (Å²) in [4.78, 5) is 0. The summed E-state index contributed by atoms with van der Waals surface area (Å²) in [5, 5.41) is 8.23. The maximum absolute atomic E-state index is 8.23. The van der Waals surface area contributed by atoms with E-state index in [0.29, 0.717) is 6.42 Å². The maximum atomic E-state index is 8.23. The van der Waals surface area contributed by atoms with Crippen molar-refractivity contribution in [1.29, 1.82) is 5.26 Å². The van der Waals surface area contributed by atoms with Gasteiger partial charge < -0.3 is 0 Å². The molecule has 52 valence electrons. The van der Waals surface area contributed by atoms with Gasteiger partial charge in [0.1, 0.15) is 0 Å². The lowest BCUT2D eigenvalue weighted by Crippen LogP contribution is -1.69. The van der Waals surface area contributed by atoms with E-state index in [1.807, 2.05) is 37.3 Å². The number of nitrogens with zero attached hydrogens (tertiary/aromatic N) is 1. The summed E-state index contributed by atoms with van der Waals surface area (Å²) in [6.07, 6.45) is 7.95. The maximum Gasteiger partial charge on any atom is 0.0669 e. The second-order valence-corrected chi connectivity index (χ2v) is 1.88. The number of hydrogen-bond donors (Lipinski definition) is 0. The van der Waals surface area contributed by atoms with Crippen LogP contribution >= 0.6 is 0 Å². The quantitative estimate of drug-likeness (QED) is 0.543. The molecule has 0 aliphatic carbocycles. The Morgan fingerprint density at radius 3 is 2.80 bits per heavy atom. The molecule has 0 N–H and O–H groups in total. The molecule has 1 heteroatoms. The van der Waals surface area contributed by atoms with Gasteiger partial charge in [-0.2, -0.15) is 5.26 Å². The highest BCUT2D eigenvalue weighted by Crippen LogP contribution is 1.97.